The smallest absolute Gasteiger partial charge is 0.221 e. The van der Waals surface area contributed by atoms with Crippen LogP contribution >= 0.6 is 0 Å². The molecule has 0 unspecified atom stereocenters. The first-order valence-electron chi connectivity index (χ1n) is 6.98. The number of para-hydroxylation sites is 2. The van der Waals surface area contributed by atoms with E-state index in [1.165, 1.54) is 0 Å². The fourth-order valence-corrected chi connectivity index (χ4v) is 3.06. The number of carbonyl (C=O) groups excluding carboxylic acids is 1. The highest BCUT2D eigenvalue weighted by atomic mass is 16.1. The van der Waals surface area contributed by atoms with Gasteiger partial charge in [-0.25, -0.2) is 0 Å². The number of fused-ring (bicyclic) bond motifs is 5. The second-order valence-corrected chi connectivity index (χ2v) is 5.23. The SMILES string of the molecule is CC(=O)Nc1c2n(c3ccccc13)CNc1ccccc1-2. The Balaban J connectivity index is 2.10. The first kappa shape index (κ1) is 12.0. The topological polar surface area (TPSA) is 46.1 Å². The van der Waals surface area contributed by atoms with Crippen LogP contribution in [0.2, 0.25) is 0 Å². The molecule has 3 aromatic rings. The Kier molecular flexibility index (Phi) is 2.51. The van der Waals surface area contributed by atoms with Crippen LogP contribution in [0.5, 0.6) is 0 Å². The third-order valence-electron chi connectivity index (χ3n) is 3.88. The maximum atomic E-state index is 11.6. The van der Waals surface area contributed by atoms with Crippen molar-refractivity contribution in [2.75, 3.05) is 10.6 Å². The Hall–Kier alpha value is -2.75. The Bertz CT molecular complexity index is 864. The van der Waals surface area contributed by atoms with Gasteiger partial charge in [-0.1, -0.05) is 36.4 Å². The standard InChI is InChI=1S/C17H15N3O/c1-11(21)19-16-13-7-3-5-9-15(13)20-10-18-14-8-4-2-6-12(14)17(16)20/h2-9,18H,10H2,1H3,(H,19,21). The fourth-order valence-electron chi connectivity index (χ4n) is 3.06. The minimum atomic E-state index is -0.0508. The van der Waals surface area contributed by atoms with Crippen molar-refractivity contribution < 1.29 is 4.79 Å². The maximum absolute atomic E-state index is 11.6. The van der Waals surface area contributed by atoms with Crippen LogP contribution < -0.4 is 10.6 Å². The van der Waals surface area contributed by atoms with Gasteiger partial charge in [0.05, 0.1) is 23.6 Å². The third-order valence-corrected chi connectivity index (χ3v) is 3.88. The zero-order valence-electron chi connectivity index (χ0n) is 11.7. The van der Waals surface area contributed by atoms with Crippen molar-refractivity contribution in [2.24, 2.45) is 0 Å². The summed E-state index contributed by atoms with van der Waals surface area (Å²) in [6.07, 6.45) is 0. The molecule has 2 aromatic carbocycles. The number of nitrogens with one attached hydrogen (secondary N) is 2. The molecule has 0 radical (unpaired) electrons. The molecule has 1 amide bonds. The van der Waals surface area contributed by atoms with E-state index >= 15 is 0 Å². The van der Waals surface area contributed by atoms with Gasteiger partial charge in [0.25, 0.3) is 0 Å². The van der Waals surface area contributed by atoms with E-state index in [1.54, 1.807) is 6.92 Å². The van der Waals surface area contributed by atoms with E-state index < -0.39 is 0 Å². The molecule has 2 N–H and O–H groups in total. The number of carbonyl (C=O) groups is 1. The average Bonchev–Trinajstić information content (AvgIpc) is 2.82. The van der Waals surface area contributed by atoms with Gasteiger partial charge in [0.15, 0.2) is 0 Å². The highest BCUT2D eigenvalue weighted by Gasteiger charge is 2.23. The van der Waals surface area contributed by atoms with E-state index in [9.17, 15) is 4.79 Å². The lowest BCUT2D eigenvalue weighted by molar-refractivity contribution is -0.114. The summed E-state index contributed by atoms with van der Waals surface area (Å²) in [7, 11) is 0. The molecule has 1 aliphatic heterocycles. The summed E-state index contributed by atoms with van der Waals surface area (Å²) < 4.78 is 2.21. The van der Waals surface area contributed by atoms with Crippen molar-refractivity contribution in [2.45, 2.75) is 13.6 Å². The predicted octanol–water partition coefficient (Wildman–Crippen LogP) is 3.65. The zero-order valence-corrected chi connectivity index (χ0v) is 11.7. The lowest BCUT2D eigenvalue weighted by Crippen LogP contribution is -2.16. The molecular weight excluding hydrogens is 262 g/mol. The molecule has 0 atom stereocenters. The number of anilines is 2. The number of hydrogen-bond donors (Lipinski definition) is 2. The molecule has 0 bridgehead atoms. The largest absolute Gasteiger partial charge is 0.367 e. The molecule has 0 saturated heterocycles. The number of aromatic nitrogens is 1. The Morgan fingerprint density at radius 1 is 1.14 bits per heavy atom. The Morgan fingerprint density at radius 2 is 1.90 bits per heavy atom. The van der Waals surface area contributed by atoms with Crippen molar-refractivity contribution >= 4 is 28.2 Å². The summed E-state index contributed by atoms with van der Waals surface area (Å²) in [5.74, 6) is -0.0508. The van der Waals surface area contributed by atoms with Crippen molar-refractivity contribution in [3.8, 4) is 11.3 Å². The van der Waals surface area contributed by atoms with Crippen LogP contribution in [0.1, 0.15) is 6.92 Å². The number of rotatable bonds is 1. The highest BCUT2D eigenvalue weighted by molar-refractivity contribution is 6.09. The lowest BCUT2D eigenvalue weighted by Gasteiger charge is -2.22. The van der Waals surface area contributed by atoms with Gasteiger partial charge in [-0.3, -0.25) is 4.79 Å². The Labute approximate surface area is 122 Å². The van der Waals surface area contributed by atoms with Crippen LogP contribution in [0, 0.1) is 0 Å². The van der Waals surface area contributed by atoms with Gasteiger partial charge in [0.2, 0.25) is 5.91 Å². The summed E-state index contributed by atoms with van der Waals surface area (Å²) in [5.41, 5.74) is 5.30. The van der Waals surface area contributed by atoms with Gasteiger partial charge >= 0.3 is 0 Å². The number of benzene rings is 2. The summed E-state index contributed by atoms with van der Waals surface area (Å²) in [6, 6.07) is 16.3. The van der Waals surface area contributed by atoms with Crippen LogP contribution in [-0.4, -0.2) is 10.5 Å². The van der Waals surface area contributed by atoms with Crippen LogP contribution in [0.15, 0.2) is 48.5 Å². The summed E-state index contributed by atoms with van der Waals surface area (Å²) in [5, 5.41) is 7.51. The van der Waals surface area contributed by atoms with E-state index in [2.05, 4.69) is 39.5 Å². The van der Waals surface area contributed by atoms with E-state index in [1.807, 2.05) is 24.3 Å². The van der Waals surface area contributed by atoms with Crippen molar-refractivity contribution in [1.29, 1.82) is 0 Å². The summed E-state index contributed by atoms with van der Waals surface area (Å²) in [6.45, 7) is 2.25. The van der Waals surface area contributed by atoms with Crippen molar-refractivity contribution in [3.63, 3.8) is 0 Å². The normalized spacial score (nSPS) is 12.4. The van der Waals surface area contributed by atoms with Crippen LogP contribution in [0.3, 0.4) is 0 Å². The number of amides is 1. The fraction of sp³-hybridized carbons (Fsp3) is 0.118. The monoisotopic (exact) mass is 277 g/mol. The number of hydrogen-bond acceptors (Lipinski definition) is 2. The summed E-state index contributed by atoms with van der Waals surface area (Å²) in [4.78, 5) is 11.6. The lowest BCUT2D eigenvalue weighted by atomic mass is 10.1. The zero-order chi connectivity index (χ0) is 14.4. The van der Waals surface area contributed by atoms with Crippen LogP contribution in [0.25, 0.3) is 22.2 Å². The van der Waals surface area contributed by atoms with Gasteiger partial charge in [-0.2, -0.15) is 0 Å². The highest BCUT2D eigenvalue weighted by Crippen LogP contribution is 2.43. The molecule has 0 saturated carbocycles. The molecule has 104 valence electrons. The van der Waals surface area contributed by atoms with E-state index in [4.69, 9.17) is 0 Å². The molecule has 0 aliphatic carbocycles. The minimum Gasteiger partial charge on any atom is -0.367 e. The molecule has 2 heterocycles. The van der Waals surface area contributed by atoms with E-state index in [0.29, 0.717) is 6.67 Å². The van der Waals surface area contributed by atoms with Crippen molar-refractivity contribution in [3.05, 3.63) is 48.5 Å². The van der Waals surface area contributed by atoms with Gasteiger partial charge < -0.3 is 15.2 Å². The molecule has 1 aromatic heterocycles. The molecule has 0 fully saturated rings. The predicted molar refractivity (Wildman–Crippen MR) is 85.3 cm³/mol. The van der Waals surface area contributed by atoms with Crippen LogP contribution in [-0.2, 0) is 11.5 Å². The van der Waals surface area contributed by atoms with Gasteiger partial charge in [-0.05, 0) is 12.1 Å². The van der Waals surface area contributed by atoms with Crippen LogP contribution in [0.4, 0.5) is 11.4 Å². The Morgan fingerprint density at radius 3 is 2.76 bits per heavy atom. The first-order valence-corrected chi connectivity index (χ1v) is 6.98. The quantitative estimate of drug-likeness (QED) is 0.713. The molecule has 1 aliphatic rings. The second kappa shape index (κ2) is 4.38. The van der Waals surface area contributed by atoms with Gasteiger partial charge in [-0.15, -0.1) is 0 Å². The molecule has 4 nitrogen and oxygen atoms in total. The molecular formula is C17H15N3O. The van der Waals surface area contributed by atoms with E-state index in [-0.39, 0.29) is 5.91 Å². The van der Waals surface area contributed by atoms with Crippen molar-refractivity contribution in [1.82, 2.24) is 4.57 Å². The first-order chi connectivity index (χ1) is 10.3. The average molecular weight is 277 g/mol. The molecule has 4 heteroatoms. The molecule has 4 rings (SSSR count). The maximum Gasteiger partial charge on any atom is 0.221 e. The van der Waals surface area contributed by atoms with Gasteiger partial charge in [0, 0.05) is 23.6 Å². The summed E-state index contributed by atoms with van der Waals surface area (Å²) >= 11 is 0. The second-order valence-electron chi connectivity index (χ2n) is 5.23. The number of nitrogens with zero attached hydrogens (tertiary/aromatic N) is 1. The van der Waals surface area contributed by atoms with E-state index in [0.717, 1.165) is 33.5 Å². The van der Waals surface area contributed by atoms with Gasteiger partial charge in [0.1, 0.15) is 0 Å². The molecule has 0 spiro atoms. The third kappa shape index (κ3) is 1.72. The molecule has 21 heavy (non-hydrogen) atoms. The minimum absolute atomic E-state index is 0.0508.